The molecule has 0 spiro atoms. The van der Waals surface area contributed by atoms with Gasteiger partial charge in [0.1, 0.15) is 0 Å². The number of aromatic nitrogens is 1. The van der Waals surface area contributed by atoms with Crippen LogP contribution in [0.5, 0.6) is 0 Å². The van der Waals surface area contributed by atoms with Gasteiger partial charge in [0, 0.05) is 25.2 Å². The van der Waals surface area contributed by atoms with Gasteiger partial charge in [-0.05, 0) is 48.9 Å². The van der Waals surface area contributed by atoms with Crippen molar-refractivity contribution in [2.24, 2.45) is 11.7 Å². The minimum absolute atomic E-state index is 0. The molecule has 34 heavy (non-hydrogen) atoms. The van der Waals surface area contributed by atoms with Gasteiger partial charge in [-0.25, -0.2) is 13.4 Å². The van der Waals surface area contributed by atoms with Crippen LogP contribution in [0.2, 0.25) is 0 Å². The lowest BCUT2D eigenvalue weighted by Gasteiger charge is -2.28. The summed E-state index contributed by atoms with van der Waals surface area (Å²) in [5.74, 6) is 0.0961. The molecule has 2 aromatic carbocycles. The van der Waals surface area contributed by atoms with E-state index in [1.807, 2.05) is 44.2 Å². The Hall–Kier alpha value is -2.04. The van der Waals surface area contributed by atoms with E-state index in [1.165, 1.54) is 15.6 Å². The third kappa shape index (κ3) is 6.55. The number of rotatable bonds is 11. The Kier molecular flexibility index (Phi) is 8.70. The Labute approximate surface area is 207 Å². The molecule has 186 valence electrons. The van der Waals surface area contributed by atoms with E-state index in [0.717, 1.165) is 33.8 Å². The Balaban J connectivity index is 0.00000324. The molecule has 9 heteroatoms. The molecule has 0 bridgehead atoms. The van der Waals surface area contributed by atoms with Crippen molar-refractivity contribution in [2.75, 3.05) is 18.4 Å². The van der Waals surface area contributed by atoms with E-state index in [-0.39, 0.29) is 24.8 Å². The molecule has 4 N–H and O–H groups in total. The van der Waals surface area contributed by atoms with Gasteiger partial charge < -0.3 is 16.2 Å². The molecule has 2 atom stereocenters. The average molecular weight is 505 g/mol. The molecule has 0 aliphatic heterocycles. The molecule has 3 aromatic rings. The van der Waals surface area contributed by atoms with Crippen molar-refractivity contribution in [3.63, 3.8) is 0 Å². The first-order chi connectivity index (χ1) is 15.7. The fraction of sp³-hybridized carbons (Fsp3) is 0.480. The van der Waals surface area contributed by atoms with Gasteiger partial charge in [-0.2, -0.15) is 4.31 Å². The Morgan fingerprint density at radius 1 is 1.18 bits per heavy atom. The van der Waals surface area contributed by atoms with Crippen molar-refractivity contribution in [1.82, 2.24) is 9.29 Å². The first kappa shape index (κ1) is 26.6. The summed E-state index contributed by atoms with van der Waals surface area (Å²) in [5.41, 5.74) is 8.04. The van der Waals surface area contributed by atoms with Gasteiger partial charge in [0.15, 0.2) is 5.13 Å². The van der Waals surface area contributed by atoms with E-state index in [1.54, 1.807) is 18.2 Å². The van der Waals surface area contributed by atoms with Crippen LogP contribution in [0.15, 0.2) is 53.4 Å². The van der Waals surface area contributed by atoms with E-state index in [2.05, 4.69) is 10.3 Å². The number of fused-ring (bicyclic) bond motifs is 1. The molecule has 1 aromatic heterocycles. The molecule has 1 aliphatic rings. The molecule has 1 fully saturated rings. The summed E-state index contributed by atoms with van der Waals surface area (Å²) in [6.07, 6.45) is 1.78. The predicted molar refractivity (Wildman–Crippen MR) is 141 cm³/mol. The highest BCUT2D eigenvalue weighted by Crippen LogP contribution is 2.32. The van der Waals surface area contributed by atoms with E-state index in [9.17, 15) is 13.5 Å². The number of nitrogens with two attached hydrogens (primary N) is 1. The Morgan fingerprint density at radius 3 is 2.53 bits per heavy atom. The quantitative estimate of drug-likeness (QED) is 0.363. The van der Waals surface area contributed by atoms with Gasteiger partial charge in [0.25, 0.3) is 0 Å². The zero-order valence-corrected chi connectivity index (χ0v) is 20.6. The van der Waals surface area contributed by atoms with Crippen molar-refractivity contribution in [3.8, 4) is 0 Å². The first-order valence-corrected chi connectivity index (χ1v) is 13.6. The van der Waals surface area contributed by atoms with Gasteiger partial charge in [0.05, 0.1) is 21.2 Å². The van der Waals surface area contributed by atoms with Crippen LogP contribution >= 0.6 is 11.3 Å². The second-order valence-electron chi connectivity index (χ2n) is 9.20. The fourth-order valence-corrected chi connectivity index (χ4v) is 6.43. The number of nitrogens with zero attached hydrogens (tertiary/aromatic N) is 2. The zero-order chi connectivity index (χ0) is 23.6. The molecular weight excluding hydrogens is 468 g/mol. The Bertz CT molecular complexity index is 1180. The van der Waals surface area contributed by atoms with Crippen LogP contribution in [0.3, 0.4) is 0 Å². The van der Waals surface area contributed by atoms with Gasteiger partial charge in [0.2, 0.25) is 10.0 Å². The molecule has 4 rings (SSSR count). The number of aliphatic hydroxyl groups is 1. The molecule has 0 saturated heterocycles. The van der Waals surface area contributed by atoms with Gasteiger partial charge in [-0.15, -0.1) is 0 Å². The normalized spacial score (nSPS) is 15.9. The number of sulfonamides is 1. The number of benzene rings is 2. The highest BCUT2D eigenvalue weighted by atomic mass is 32.2. The van der Waals surface area contributed by atoms with Crippen molar-refractivity contribution in [3.05, 3.63) is 54.1 Å². The maximum atomic E-state index is 13.6. The topological polar surface area (TPSA) is 109 Å². The van der Waals surface area contributed by atoms with Gasteiger partial charge in [-0.1, -0.05) is 62.9 Å². The molecule has 1 heterocycles. The van der Waals surface area contributed by atoms with Crippen LogP contribution in [-0.4, -0.2) is 54.1 Å². The number of hydrogen-bond donors (Lipinski definition) is 3. The van der Waals surface area contributed by atoms with Crippen LogP contribution in [0.1, 0.15) is 39.7 Å². The van der Waals surface area contributed by atoms with Crippen molar-refractivity contribution < 1.29 is 13.5 Å². The molecule has 7 nitrogen and oxygen atoms in total. The van der Waals surface area contributed by atoms with Crippen LogP contribution in [0.4, 0.5) is 5.13 Å². The second-order valence-corrected chi connectivity index (χ2v) is 12.2. The third-order valence-electron chi connectivity index (χ3n) is 5.67. The maximum absolute atomic E-state index is 13.6. The van der Waals surface area contributed by atoms with Crippen molar-refractivity contribution in [2.45, 2.75) is 63.6 Å². The highest BCUT2D eigenvalue weighted by molar-refractivity contribution is 7.89. The lowest BCUT2D eigenvalue weighted by atomic mass is 10.0. The lowest BCUT2D eigenvalue weighted by Crippen LogP contribution is -2.47. The summed E-state index contributed by atoms with van der Waals surface area (Å²) in [6, 6.07) is 14.6. The molecule has 0 unspecified atom stereocenters. The fourth-order valence-electron chi connectivity index (χ4n) is 3.72. The van der Waals surface area contributed by atoms with E-state index in [0.29, 0.717) is 19.0 Å². The minimum Gasteiger partial charge on any atom is -0.390 e. The van der Waals surface area contributed by atoms with Crippen LogP contribution in [-0.2, 0) is 16.4 Å². The maximum Gasteiger partial charge on any atom is 0.243 e. The van der Waals surface area contributed by atoms with E-state index < -0.39 is 22.2 Å². The summed E-state index contributed by atoms with van der Waals surface area (Å²) >= 11 is 1.47. The number of nitrogens with one attached hydrogen (secondary N) is 1. The van der Waals surface area contributed by atoms with Crippen molar-refractivity contribution >= 4 is 36.7 Å². The largest absolute Gasteiger partial charge is 0.390 e. The molecule has 1 aliphatic carbocycles. The summed E-state index contributed by atoms with van der Waals surface area (Å²) < 4.78 is 29.3. The zero-order valence-electron chi connectivity index (χ0n) is 19.0. The van der Waals surface area contributed by atoms with Gasteiger partial charge >= 0.3 is 0 Å². The summed E-state index contributed by atoms with van der Waals surface area (Å²) in [4.78, 5) is 4.77. The molecule has 1 saturated carbocycles. The monoisotopic (exact) mass is 504 g/mol. The second kappa shape index (κ2) is 11.1. The number of thiazole rings is 1. The SMILES string of the molecule is C.CC(C)CN(C[C@@H](O)[C@@H](N)Cc1ccccc1)S(=O)(=O)c1ccc2nc(NC3CC3)sc2c1. The predicted octanol–water partition coefficient (Wildman–Crippen LogP) is 4.08. The standard InChI is InChI=1S/C24H32N4O3S2.CH4/c1-16(2)14-28(15-22(29)20(25)12-17-6-4-3-5-7-17)33(30,31)19-10-11-21-23(13-19)32-24(27-21)26-18-8-9-18;/h3-7,10-11,13,16,18,20,22,29H,8-9,12,14-15,25H2,1-2H3,(H,26,27);1H4/t20-,22+;/m0./s1. The number of aliphatic hydroxyl groups excluding tert-OH is 1. The first-order valence-electron chi connectivity index (χ1n) is 11.4. The summed E-state index contributed by atoms with van der Waals surface area (Å²) in [5, 5.41) is 15.0. The minimum atomic E-state index is -3.81. The molecular formula is C25H36N4O3S2. The highest BCUT2D eigenvalue weighted by Gasteiger charge is 2.30. The number of hydrogen-bond acceptors (Lipinski definition) is 7. The summed E-state index contributed by atoms with van der Waals surface area (Å²) in [7, 11) is -3.81. The van der Waals surface area contributed by atoms with Crippen LogP contribution in [0, 0.1) is 5.92 Å². The van der Waals surface area contributed by atoms with E-state index in [4.69, 9.17) is 5.73 Å². The number of anilines is 1. The smallest absolute Gasteiger partial charge is 0.243 e. The average Bonchev–Trinajstić information content (AvgIpc) is 3.49. The third-order valence-corrected chi connectivity index (χ3v) is 8.45. The van der Waals surface area contributed by atoms with Gasteiger partial charge in [-0.3, -0.25) is 0 Å². The van der Waals surface area contributed by atoms with Crippen LogP contribution in [0.25, 0.3) is 10.2 Å². The molecule has 0 amide bonds. The molecule has 0 radical (unpaired) electrons. The van der Waals surface area contributed by atoms with Crippen molar-refractivity contribution in [1.29, 1.82) is 0 Å². The van der Waals surface area contributed by atoms with Crippen LogP contribution < -0.4 is 11.1 Å². The summed E-state index contributed by atoms with van der Waals surface area (Å²) in [6.45, 7) is 4.17. The Morgan fingerprint density at radius 2 is 1.88 bits per heavy atom. The van der Waals surface area contributed by atoms with E-state index >= 15 is 0 Å². The lowest BCUT2D eigenvalue weighted by molar-refractivity contribution is 0.116.